The minimum Gasteiger partial charge on any atom is -0.465 e. The molecule has 1 aliphatic carbocycles. The van der Waals surface area contributed by atoms with E-state index in [1.54, 1.807) is 24.3 Å². The van der Waals surface area contributed by atoms with E-state index in [-0.39, 0.29) is 29.7 Å². The molecule has 2 aliphatic rings. The maximum atomic E-state index is 13.0. The molecule has 1 aromatic carbocycles. The molecule has 1 heterocycles. The lowest BCUT2D eigenvalue weighted by molar-refractivity contribution is 0.0391. The number of hydrogen-bond acceptors (Lipinski definition) is 5. The van der Waals surface area contributed by atoms with Crippen LogP contribution in [0.5, 0.6) is 0 Å². The summed E-state index contributed by atoms with van der Waals surface area (Å²) in [6, 6.07) is 6.34. The lowest BCUT2D eigenvalue weighted by Gasteiger charge is -2.46. The van der Waals surface area contributed by atoms with Crippen molar-refractivity contribution in [2.24, 2.45) is 11.3 Å². The Hall–Kier alpha value is -3.10. The number of imide groups is 1. The molecule has 2 atom stereocenters. The minimum absolute atomic E-state index is 0.0913. The Balaban J connectivity index is 1.73. The molecule has 3 N–H and O–H groups in total. The average Bonchev–Trinajstić information content (AvgIpc) is 2.98. The number of carbonyl (C=O) groups is 4. The maximum Gasteiger partial charge on any atom is 0.407 e. The van der Waals surface area contributed by atoms with Crippen molar-refractivity contribution >= 4 is 24.0 Å². The van der Waals surface area contributed by atoms with Gasteiger partial charge in [0.15, 0.2) is 0 Å². The van der Waals surface area contributed by atoms with Gasteiger partial charge in [-0.2, -0.15) is 0 Å². The van der Waals surface area contributed by atoms with Crippen LogP contribution in [0, 0.1) is 11.3 Å². The van der Waals surface area contributed by atoms with E-state index in [2.05, 4.69) is 10.6 Å². The van der Waals surface area contributed by atoms with Crippen molar-refractivity contribution in [3.63, 3.8) is 0 Å². The number of amides is 4. The van der Waals surface area contributed by atoms with Crippen LogP contribution >= 0.6 is 0 Å². The van der Waals surface area contributed by atoms with E-state index < -0.39 is 23.8 Å². The summed E-state index contributed by atoms with van der Waals surface area (Å²) in [7, 11) is 0. The van der Waals surface area contributed by atoms with E-state index in [1.807, 2.05) is 27.7 Å². The van der Waals surface area contributed by atoms with Crippen molar-refractivity contribution in [1.82, 2.24) is 15.5 Å². The van der Waals surface area contributed by atoms with Crippen molar-refractivity contribution in [2.45, 2.75) is 77.9 Å². The molecule has 0 bridgehead atoms. The van der Waals surface area contributed by atoms with Crippen molar-refractivity contribution in [2.75, 3.05) is 13.1 Å². The molecule has 1 saturated carbocycles. The fourth-order valence-electron chi connectivity index (χ4n) is 5.22. The van der Waals surface area contributed by atoms with Crippen LogP contribution in [0.15, 0.2) is 24.3 Å². The lowest BCUT2D eigenvalue weighted by atomic mass is 9.61. The molecule has 0 aromatic heterocycles. The van der Waals surface area contributed by atoms with Gasteiger partial charge in [-0.25, -0.2) is 9.59 Å². The van der Waals surface area contributed by atoms with Gasteiger partial charge < -0.3 is 20.5 Å². The van der Waals surface area contributed by atoms with Gasteiger partial charge in [-0.3, -0.25) is 14.5 Å². The van der Waals surface area contributed by atoms with E-state index in [0.717, 1.165) is 19.3 Å². The number of fused-ring (bicyclic) bond motifs is 1. The highest BCUT2D eigenvalue weighted by Gasteiger charge is 2.43. The van der Waals surface area contributed by atoms with Gasteiger partial charge in [-0.1, -0.05) is 25.5 Å². The highest BCUT2D eigenvalue weighted by atomic mass is 16.6. The van der Waals surface area contributed by atoms with Crippen LogP contribution in [0.3, 0.4) is 0 Å². The van der Waals surface area contributed by atoms with Gasteiger partial charge in [0.05, 0.1) is 11.1 Å². The summed E-state index contributed by atoms with van der Waals surface area (Å²) in [5.74, 6) is -0.926. The summed E-state index contributed by atoms with van der Waals surface area (Å²) >= 11 is 0. The molecule has 0 radical (unpaired) electrons. The number of nitrogens with one attached hydrogen (secondary N) is 2. The Kier molecular flexibility index (Phi) is 8.07. The van der Waals surface area contributed by atoms with Crippen LogP contribution in [0.1, 0.15) is 86.9 Å². The van der Waals surface area contributed by atoms with Crippen LogP contribution in [0.4, 0.5) is 9.59 Å². The Morgan fingerprint density at radius 2 is 1.74 bits per heavy atom. The molecule has 0 saturated heterocycles. The highest BCUT2D eigenvalue weighted by Crippen LogP contribution is 2.49. The number of carbonyl (C=O) groups excluding carboxylic acids is 3. The Morgan fingerprint density at radius 1 is 1.14 bits per heavy atom. The zero-order valence-corrected chi connectivity index (χ0v) is 21.1. The normalized spacial score (nSPS) is 18.3. The second-order valence-electron chi connectivity index (χ2n) is 10.7. The number of hydrogen-bond donors (Lipinski definition) is 3. The van der Waals surface area contributed by atoms with Crippen LogP contribution in [0.2, 0.25) is 0 Å². The Labute approximate surface area is 206 Å². The van der Waals surface area contributed by atoms with Gasteiger partial charge in [0, 0.05) is 19.1 Å². The first-order valence-corrected chi connectivity index (χ1v) is 12.4. The standard InChI is InChI=1S/C26H37N3O6/c1-5-20(28-23(32)33)17(16-29-21(30)18-9-6-7-10-19(18)22(29)31)15-26(11-8-12-26)13-14-27-24(34)35-25(2,3)4/h6-7,9-10,17,20,28H,5,8,11-16H2,1-4H3,(H,27,34)(H,32,33). The molecule has 4 amide bonds. The number of ether oxygens (including phenoxy) is 1. The second-order valence-corrected chi connectivity index (χ2v) is 10.7. The van der Waals surface area contributed by atoms with E-state index in [9.17, 15) is 24.3 Å². The Bertz CT molecular complexity index is 931. The number of alkyl carbamates (subject to hydrolysis) is 1. The van der Waals surface area contributed by atoms with Crippen molar-refractivity contribution in [3.8, 4) is 0 Å². The van der Waals surface area contributed by atoms with Crippen LogP contribution < -0.4 is 10.6 Å². The molecular formula is C26H37N3O6. The molecule has 1 fully saturated rings. The molecule has 1 aliphatic heterocycles. The molecule has 192 valence electrons. The van der Waals surface area contributed by atoms with Gasteiger partial charge in [-0.15, -0.1) is 0 Å². The molecule has 9 heteroatoms. The van der Waals surface area contributed by atoms with Crippen LogP contribution in [-0.4, -0.2) is 58.7 Å². The number of nitrogens with zero attached hydrogens (tertiary/aromatic N) is 1. The molecule has 3 rings (SSSR count). The molecule has 2 unspecified atom stereocenters. The minimum atomic E-state index is -1.13. The third-order valence-electron chi connectivity index (χ3n) is 7.05. The van der Waals surface area contributed by atoms with Crippen LogP contribution in [0.25, 0.3) is 0 Å². The number of rotatable bonds is 10. The number of carboxylic acid groups (broad SMARTS) is 1. The lowest BCUT2D eigenvalue weighted by Crippen LogP contribution is -2.49. The quantitative estimate of drug-likeness (QED) is 0.420. The summed E-state index contributed by atoms with van der Waals surface area (Å²) in [6.45, 7) is 7.91. The first-order valence-electron chi connectivity index (χ1n) is 12.4. The van der Waals surface area contributed by atoms with E-state index in [0.29, 0.717) is 36.9 Å². The smallest absolute Gasteiger partial charge is 0.407 e. The zero-order valence-electron chi connectivity index (χ0n) is 21.1. The topological polar surface area (TPSA) is 125 Å². The summed E-state index contributed by atoms with van der Waals surface area (Å²) in [5.41, 5.74) is 0.101. The van der Waals surface area contributed by atoms with E-state index >= 15 is 0 Å². The predicted molar refractivity (Wildman–Crippen MR) is 130 cm³/mol. The van der Waals surface area contributed by atoms with Gasteiger partial charge in [0.1, 0.15) is 5.60 Å². The fraction of sp³-hybridized carbons (Fsp3) is 0.615. The van der Waals surface area contributed by atoms with E-state index in [1.165, 1.54) is 4.90 Å². The average molecular weight is 488 g/mol. The molecular weight excluding hydrogens is 450 g/mol. The summed E-state index contributed by atoms with van der Waals surface area (Å²) in [6.07, 6.45) is 3.26. The first kappa shape index (κ1) is 26.5. The van der Waals surface area contributed by atoms with Crippen molar-refractivity contribution in [1.29, 1.82) is 0 Å². The third kappa shape index (κ3) is 6.52. The second kappa shape index (κ2) is 10.7. The van der Waals surface area contributed by atoms with Gasteiger partial charge >= 0.3 is 12.2 Å². The van der Waals surface area contributed by atoms with Gasteiger partial charge in [0.25, 0.3) is 11.8 Å². The highest BCUT2D eigenvalue weighted by molar-refractivity contribution is 6.21. The van der Waals surface area contributed by atoms with Crippen LogP contribution in [-0.2, 0) is 4.74 Å². The SMILES string of the molecule is CCC(NC(=O)O)C(CN1C(=O)c2ccccc2C1=O)CC1(CCNC(=O)OC(C)(C)C)CCC1. The first-order chi connectivity index (χ1) is 16.4. The van der Waals surface area contributed by atoms with Gasteiger partial charge in [0.2, 0.25) is 0 Å². The van der Waals surface area contributed by atoms with Gasteiger partial charge in [-0.05, 0) is 76.3 Å². The fourth-order valence-corrected chi connectivity index (χ4v) is 5.22. The largest absolute Gasteiger partial charge is 0.465 e. The molecule has 35 heavy (non-hydrogen) atoms. The van der Waals surface area contributed by atoms with E-state index in [4.69, 9.17) is 4.74 Å². The summed E-state index contributed by atoms with van der Waals surface area (Å²) in [4.78, 5) is 50.8. The Morgan fingerprint density at radius 3 is 2.20 bits per heavy atom. The molecule has 9 nitrogen and oxygen atoms in total. The number of benzene rings is 1. The maximum absolute atomic E-state index is 13.0. The van der Waals surface area contributed by atoms with Crippen molar-refractivity contribution in [3.05, 3.63) is 35.4 Å². The predicted octanol–water partition coefficient (Wildman–Crippen LogP) is 4.42. The zero-order chi connectivity index (χ0) is 25.8. The van der Waals surface area contributed by atoms with Crippen molar-refractivity contribution < 1.29 is 29.0 Å². The molecule has 0 spiro atoms. The monoisotopic (exact) mass is 487 g/mol. The summed E-state index contributed by atoms with van der Waals surface area (Å²) in [5, 5.41) is 14.8. The molecule has 1 aromatic rings. The third-order valence-corrected chi connectivity index (χ3v) is 7.05. The summed E-state index contributed by atoms with van der Waals surface area (Å²) < 4.78 is 5.32.